The molecule has 0 radical (unpaired) electrons. The van der Waals surface area contributed by atoms with E-state index in [1.807, 2.05) is 84.7 Å². The van der Waals surface area contributed by atoms with E-state index in [9.17, 15) is 5.11 Å². The van der Waals surface area contributed by atoms with Crippen molar-refractivity contribution in [1.82, 2.24) is 0 Å². The van der Waals surface area contributed by atoms with Gasteiger partial charge in [0.15, 0.2) is 17.4 Å². The fourth-order valence-corrected chi connectivity index (χ4v) is 3.58. The lowest BCUT2D eigenvalue weighted by Crippen LogP contribution is -2.38. The van der Waals surface area contributed by atoms with Crippen LogP contribution in [-0.4, -0.2) is 10.1 Å². The third kappa shape index (κ3) is 3.78. The first-order valence-corrected chi connectivity index (χ1v) is 9.18. The largest absolute Gasteiger partial charge is 0.501 e. The van der Waals surface area contributed by atoms with Crippen LogP contribution in [0, 0.1) is 13.8 Å². The lowest BCUT2D eigenvalue weighted by Gasteiger charge is -2.13. The van der Waals surface area contributed by atoms with E-state index in [0.29, 0.717) is 10.7 Å². The van der Waals surface area contributed by atoms with Crippen LogP contribution in [0.15, 0.2) is 66.3 Å². The number of benzene rings is 1. The van der Waals surface area contributed by atoms with E-state index < -0.39 is 0 Å². The van der Waals surface area contributed by atoms with Gasteiger partial charge in [-0.3, -0.25) is 0 Å². The summed E-state index contributed by atoms with van der Waals surface area (Å²) < 4.78 is 1.83. The molecule has 3 nitrogen and oxygen atoms in total. The Balaban J connectivity index is 2.07. The molecule has 5 heteroatoms. The number of pyridine rings is 1. The summed E-state index contributed by atoms with van der Waals surface area (Å²) in [6.07, 6.45) is 3.75. The molecule has 0 unspecified atom stereocenters. The number of nitrogens with zero attached hydrogens (tertiary/aromatic N) is 1. The Hall–Kier alpha value is -2.50. The number of rotatable bonds is 4. The van der Waals surface area contributed by atoms with Crippen molar-refractivity contribution in [3.05, 3.63) is 82.3 Å². The number of aromatic nitrogens is 1. The second kappa shape index (κ2) is 7.59. The minimum Gasteiger partial charge on any atom is -0.501 e. The predicted octanol–water partition coefficient (Wildman–Crippen LogP) is 4.98. The minimum absolute atomic E-state index is 0.162. The zero-order chi connectivity index (χ0) is 17.8. The molecule has 0 aliphatic carbocycles. The fourth-order valence-electron chi connectivity index (χ4n) is 2.61. The van der Waals surface area contributed by atoms with E-state index in [1.54, 1.807) is 0 Å². The lowest BCUT2D eigenvalue weighted by molar-refractivity contribution is -0.575. The zero-order valence-electron chi connectivity index (χ0n) is 14.1. The van der Waals surface area contributed by atoms with Crippen LogP contribution in [0.5, 0.6) is 0 Å². The van der Waals surface area contributed by atoms with Gasteiger partial charge in [-0.15, -0.1) is 11.3 Å². The van der Waals surface area contributed by atoms with Crippen molar-refractivity contribution >= 4 is 45.7 Å². The van der Waals surface area contributed by atoms with Gasteiger partial charge in [0.05, 0.1) is 4.88 Å². The molecule has 0 saturated carbocycles. The van der Waals surface area contributed by atoms with Gasteiger partial charge >= 0.3 is 0 Å². The number of aryl methyl sites for hydroxylation is 2. The molecule has 0 aliphatic heterocycles. The zero-order valence-corrected chi connectivity index (χ0v) is 15.7. The quantitative estimate of drug-likeness (QED) is 0.296. The summed E-state index contributed by atoms with van der Waals surface area (Å²) >= 11 is 7.14. The van der Waals surface area contributed by atoms with Gasteiger partial charge in [0.1, 0.15) is 0 Å². The van der Waals surface area contributed by atoms with E-state index in [0.717, 1.165) is 21.7 Å². The van der Waals surface area contributed by atoms with Crippen LogP contribution in [0.1, 0.15) is 16.0 Å². The van der Waals surface area contributed by atoms with Crippen LogP contribution >= 0.6 is 23.6 Å². The second-order valence-corrected chi connectivity index (χ2v) is 7.03. The summed E-state index contributed by atoms with van der Waals surface area (Å²) in [6.45, 7) is 4.08. The highest BCUT2D eigenvalue weighted by Gasteiger charge is 2.24. The molecule has 0 fully saturated rings. The first-order chi connectivity index (χ1) is 12.1. The number of hydrogen-bond acceptors (Lipinski definition) is 3. The van der Waals surface area contributed by atoms with E-state index in [1.165, 1.54) is 11.3 Å². The average molecular weight is 368 g/mol. The maximum absolute atomic E-state index is 10.9. The summed E-state index contributed by atoms with van der Waals surface area (Å²) in [5, 5.41) is 16.1. The van der Waals surface area contributed by atoms with Crippen LogP contribution in [0.4, 0.5) is 5.69 Å². The normalized spacial score (nSPS) is 11.8. The Kier molecular flexibility index (Phi) is 5.26. The smallest absolute Gasteiger partial charge is 0.289 e. The standard InChI is InChI=1S/C20H18N2OS2/c1-14-8-6-9-15(2)17(14)21-20(24)18(22-11-4-3-5-12-22)19(23)16-10-7-13-25-16/h3-13H,1-2H3,(H-,21,23,24)/p+1. The molecule has 0 saturated heterocycles. The van der Waals surface area contributed by atoms with Gasteiger partial charge < -0.3 is 10.4 Å². The number of aliphatic hydroxyl groups excluding tert-OH is 1. The van der Waals surface area contributed by atoms with Crippen molar-refractivity contribution in [2.75, 3.05) is 5.32 Å². The van der Waals surface area contributed by atoms with Crippen molar-refractivity contribution < 1.29 is 9.67 Å². The van der Waals surface area contributed by atoms with Crippen LogP contribution in [-0.2, 0) is 0 Å². The molecule has 126 valence electrons. The summed E-state index contributed by atoms with van der Waals surface area (Å²) in [7, 11) is 0. The highest BCUT2D eigenvalue weighted by atomic mass is 32.1. The molecule has 0 bridgehead atoms. The molecular weight excluding hydrogens is 348 g/mol. The Labute approximate surface area is 156 Å². The van der Waals surface area contributed by atoms with Gasteiger partial charge in [0.2, 0.25) is 5.76 Å². The number of nitrogens with one attached hydrogen (secondary N) is 1. The number of thiocarbonyl (C=S) groups is 1. The maximum atomic E-state index is 10.9. The van der Waals surface area contributed by atoms with Crippen molar-refractivity contribution in [3.8, 4) is 0 Å². The lowest BCUT2D eigenvalue weighted by atomic mass is 10.1. The Morgan fingerprint density at radius 2 is 1.68 bits per heavy atom. The molecule has 0 amide bonds. The Morgan fingerprint density at radius 3 is 2.28 bits per heavy atom. The molecule has 2 heterocycles. The monoisotopic (exact) mass is 367 g/mol. The summed E-state index contributed by atoms with van der Waals surface area (Å²) in [5.41, 5.74) is 3.74. The Bertz CT molecular complexity index is 896. The number of thiophene rings is 1. The minimum atomic E-state index is 0.162. The first-order valence-electron chi connectivity index (χ1n) is 7.89. The molecule has 3 aromatic rings. The van der Waals surface area contributed by atoms with Crippen LogP contribution in [0.3, 0.4) is 0 Å². The van der Waals surface area contributed by atoms with Gasteiger partial charge in [0.25, 0.3) is 5.70 Å². The predicted molar refractivity (Wildman–Crippen MR) is 109 cm³/mol. The molecule has 0 atom stereocenters. The van der Waals surface area contributed by atoms with Gasteiger partial charge in [-0.1, -0.05) is 42.5 Å². The number of para-hydroxylation sites is 1. The third-order valence-electron chi connectivity index (χ3n) is 3.89. The van der Waals surface area contributed by atoms with Crippen LogP contribution in [0.2, 0.25) is 0 Å². The maximum Gasteiger partial charge on any atom is 0.289 e. The van der Waals surface area contributed by atoms with Gasteiger partial charge in [-0.05, 0) is 36.4 Å². The molecule has 25 heavy (non-hydrogen) atoms. The van der Waals surface area contributed by atoms with Crippen LogP contribution < -0.4 is 9.88 Å². The van der Waals surface area contributed by atoms with E-state index >= 15 is 0 Å². The Morgan fingerprint density at radius 1 is 1.00 bits per heavy atom. The molecule has 1 aromatic carbocycles. The summed E-state index contributed by atoms with van der Waals surface area (Å²) in [4.78, 5) is 1.25. The summed E-state index contributed by atoms with van der Waals surface area (Å²) in [5.74, 6) is 0.162. The van der Waals surface area contributed by atoms with E-state index in [2.05, 4.69) is 5.32 Å². The number of anilines is 1. The first kappa shape index (κ1) is 17.3. The highest BCUT2D eigenvalue weighted by Crippen LogP contribution is 2.25. The third-order valence-corrected chi connectivity index (χ3v) is 5.06. The van der Waals surface area contributed by atoms with E-state index in [-0.39, 0.29) is 5.76 Å². The molecule has 2 aromatic heterocycles. The van der Waals surface area contributed by atoms with Gasteiger partial charge in [0, 0.05) is 17.8 Å². The molecule has 0 spiro atoms. The van der Waals surface area contributed by atoms with E-state index in [4.69, 9.17) is 12.2 Å². The number of aliphatic hydroxyl groups is 1. The van der Waals surface area contributed by atoms with Crippen molar-refractivity contribution in [2.24, 2.45) is 0 Å². The molecule has 3 rings (SSSR count). The highest BCUT2D eigenvalue weighted by molar-refractivity contribution is 7.81. The summed E-state index contributed by atoms with van der Waals surface area (Å²) in [6, 6.07) is 15.6. The molecule has 0 aliphatic rings. The average Bonchev–Trinajstić information content (AvgIpc) is 3.14. The van der Waals surface area contributed by atoms with Crippen molar-refractivity contribution in [1.29, 1.82) is 0 Å². The van der Waals surface area contributed by atoms with Crippen molar-refractivity contribution in [3.63, 3.8) is 0 Å². The van der Waals surface area contributed by atoms with Gasteiger partial charge in [-0.2, -0.15) is 4.57 Å². The molecule has 2 N–H and O–H groups in total. The van der Waals surface area contributed by atoms with Crippen LogP contribution in [0.25, 0.3) is 11.5 Å². The molecular formula is C20H19N2OS2+. The second-order valence-electron chi connectivity index (χ2n) is 5.68. The fraction of sp³-hybridized carbons (Fsp3) is 0.100. The number of hydrogen-bond donors (Lipinski definition) is 2. The van der Waals surface area contributed by atoms with Gasteiger partial charge in [-0.25, -0.2) is 0 Å². The topological polar surface area (TPSA) is 36.1 Å². The van der Waals surface area contributed by atoms with Crippen molar-refractivity contribution in [2.45, 2.75) is 13.8 Å². The SMILES string of the molecule is Cc1cccc(C)c1NC(=S)C(=C(O)c1cccs1)[n+]1ccccc1.